The minimum atomic E-state index is -2.69. The number of para-hydroxylation sites is 1. The number of H-pyrrole nitrogens is 1. The second kappa shape index (κ2) is 13.0. The Hall–Kier alpha value is -5.24. The molecule has 0 aliphatic carbocycles. The molecule has 5 aliphatic rings. The molecule has 0 bridgehead atoms. The predicted molar refractivity (Wildman–Crippen MR) is 189 cm³/mol. The lowest BCUT2D eigenvalue weighted by Gasteiger charge is -2.42. The van der Waals surface area contributed by atoms with Crippen LogP contribution in [0.4, 0.5) is 23.2 Å². The van der Waals surface area contributed by atoms with Crippen LogP contribution in [0.15, 0.2) is 48.5 Å². The Morgan fingerprint density at radius 2 is 1.67 bits per heavy atom. The summed E-state index contributed by atoms with van der Waals surface area (Å²) in [5, 5.41) is 3.22. The maximum Gasteiger partial charge on any atom is 0.255 e. The van der Waals surface area contributed by atoms with E-state index in [2.05, 4.69) is 10.3 Å². The summed E-state index contributed by atoms with van der Waals surface area (Å²) in [4.78, 5) is 60.5. The fraction of sp³-hybridized carbons (Fsp3) is 0.400. The number of nitrogens with zero attached hydrogens (tertiary/aromatic N) is 4. The quantitative estimate of drug-likeness (QED) is 0.200. The molecule has 4 aromatic rings. The van der Waals surface area contributed by atoms with Gasteiger partial charge in [-0.05, 0) is 66.3 Å². The molecular weight excluding hydrogens is 704 g/mol. The highest BCUT2D eigenvalue weighted by molar-refractivity contribution is 6.05. The molecule has 14 heteroatoms. The molecule has 10 nitrogen and oxygen atoms in total. The largest absolute Gasteiger partial charge is 0.371 e. The summed E-state index contributed by atoms with van der Waals surface area (Å²) >= 11 is 0. The fourth-order valence-corrected chi connectivity index (χ4v) is 9.21. The number of amides is 4. The Bertz CT molecular complexity index is 2230. The van der Waals surface area contributed by atoms with E-state index in [0.29, 0.717) is 49.5 Å². The minimum Gasteiger partial charge on any atom is -0.371 e. The molecule has 1 unspecified atom stereocenters. The van der Waals surface area contributed by atoms with Gasteiger partial charge in [0.25, 0.3) is 12.3 Å². The zero-order valence-corrected chi connectivity index (χ0v) is 29.5. The van der Waals surface area contributed by atoms with Crippen LogP contribution in [-0.4, -0.2) is 81.5 Å². The number of halogens is 4. The third kappa shape index (κ3) is 5.73. The highest BCUT2D eigenvalue weighted by atomic mass is 19.3. The third-order valence-corrected chi connectivity index (χ3v) is 11.9. The number of benzene rings is 3. The average Bonchev–Trinajstić information content (AvgIpc) is 3.79. The van der Waals surface area contributed by atoms with Crippen molar-refractivity contribution in [2.24, 2.45) is 5.92 Å². The van der Waals surface area contributed by atoms with Crippen molar-refractivity contribution in [3.8, 4) is 0 Å². The molecule has 5 aliphatic heterocycles. The van der Waals surface area contributed by atoms with Crippen molar-refractivity contribution in [3.05, 3.63) is 99.2 Å². The number of alkyl halides is 2. The molecule has 0 radical (unpaired) electrons. The molecule has 0 saturated carbocycles. The number of imide groups is 1. The van der Waals surface area contributed by atoms with Gasteiger partial charge in [-0.2, -0.15) is 0 Å². The fourth-order valence-electron chi connectivity index (χ4n) is 9.21. The van der Waals surface area contributed by atoms with Crippen LogP contribution in [0.25, 0.3) is 10.9 Å². The van der Waals surface area contributed by atoms with Gasteiger partial charge in [0.15, 0.2) is 0 Å². The normalized spacial score (nSPS) is 22.9. The number of aromatic nitrogens is 1. The van der Waals surface area contributed by atoms with Gasteiger partial charge in [-0.25, -0.2) is 17.6 Å². The van der Waals surface area contributed by atoms with Crippen molar-refractivity contribution in [2.75, 3.05) is 24.5 Å². The Balaban J connectivity index is 0.859. The molecule has 0 spiro atoms. The van der Waals surface area contributed by atoms with Crippen molar-refractivity contribution < 1.29 is 36.7 Å². The van der Waals surface area contributed by atoms with Crippen LogP contribution in [-0.2, 0) is 40.4 Å². The van der Waals surface area contributed by atoms with Gasteiger partial charge in [-0.15, -0.1) is 0 Å². The second-order valence-electron chi connectivity index (χ2n) is 15.3. The Morgan fingerprint density at radius 1 is 0.944 bits per heavy atom. The average molecular weight is 743 g/mol. The zero-order valence-electron chi connectivity index (χ0n) is 29.5. The SMILES string of the molecule is C[C@@H]1Cc2c([nH]c3ccccc23)[C@@H](c2c(F)cc(N3CC(CC(=O)N4Cc5cc6c(cc5C4)C(=O)N(C4CCC(=O)NC4=O)C6)C3)cc2F)N1CC(F)F. The molecular formula is C40H38F4N6O4. The third-order valence-electron chi connectivity index (χ3n) is 11.9. The number of fused-ring (bicyclic) bond motifs is 5. The van der Waals surface area contributed by atoms with E-state index < -0.39 is 42.6 Å². The smallest absolute Gasteiger partial charge is 0.255 e. The summed E-state index contributed by atoms with van der Waals surface area (Å²) in [6.45, 7) is 3.03. The van der Waals surface area contributed by atoms with Gasteiger partial charge >= 0.3 is 0 Å². The highest BCUT2D eigenvalue weighted by Gasteiger charge is 2.42. The van der Waals surface area contributed by atoms with E-state index in [4.69, 9.17) is 0 Å². The van der Waals surface area contributed by atoms with Gasteiger partial charge < -0.3 is 19.7 Å². The van der Waals surface area contributed by atoms with Crippen molar-refractivity contribution in [3.63, 3.8) is 0 Å². The molecule has 2 fully saturated rings. The maximum atomic E-state index is 16.1. The minimum absolute atomic E-state index is 0.0321. The molecule has 54 heavy (non-hydrogen) atoms. The zero-order chi connectivity index (χ0) is 37.6. The molecule has 3 atom stereocenters. The number of aromatic amines is 1. The second-order valence-corrected chi connectivity index (χ2v) is 15.3. The van der Waals surface area contributed by atoms with Gasteiger partial charge in [0.2, 0.25) is 17.7 Å². The topological polar surface area (TPSA) is 109 Å². The van der Waals surface area contributed by atoms with Crippen LogP contribution >= 0.6 is 0 Å². The number of carbonyl (C=O) groups is 4. The van der Waals surface area contributed by atoms with E-state index in [9.17, 15) is 28.0 Å². The summed E-state index contributed by atoms with van der Waals surface area (Å²) in [6.07, 6.45) is -1.51. The van der Waals surface area contributed by atoms with Crippen LogP contribution in [0.3, 0.4) is 0 Å². The maximum absolute atomic E-state index is 16.1. The number of hydrogen-bond donors (Lipinski definition) is 2. The van der Waals surface area contributed by atoms with Gasteiger partial charge in [0.05, 0.1) is 12.6 Å². The van der Waals surface area contributed by atoms with Crippen molar-refractivity contribution in [1.82, 2.24) is 25.0 Å². The van der Waals surface area contributed by atoms with E-state index in [1.165, 1.54) is 21.9 Å². The molecule has 2 saturated heterocycles. The summed E-state index contributed by atoms with van der Waals surface area (Å²) in [5.74, 6) is -2.77. The highest BCUT2D eigenvalue weighted by Crippen LogP contribution is 2.44. The Labute approximate surface area is 308 Å². The van der Waals surface area contributed by atoms with Gasteiger partial charge in [-0.3, -0.25) is 29.4 Å². The molecule has 1 aromatic heterocycles. The first kappa shape index (κ1) is 34.5. The number of anilines is 1. The van der Waals surface area contributed by atoms with E-state index in [1.807, 2.05) is 41.3 Å². The molecule has 280 valence electrons. The Morgan fingerprint density at radius 3 is 2.39 bits per heavy atom. The lowest BCUT2D eigenvalue weighted by atomic mass is 9.87. The van der Waals surface area contributed by atoms with Crippen LogP contribution in [0.5, 0.6) is 0 Å². The lowest BCUT2D eigenvalue weighted by molar-refractivity contribution is -0.137. The van der Waals surface area contributed by atoms with Crippen molar-refractivity contribution >= 4 is 40.2 Å². The van der Waals surface area contributed by atoms with Gasteiger partial charge in [0, 0.05) is 90.9 Å². The van der Waals surface area contributed by atoms with Gasteiger partial charge in [0.1, 0.15) is 17.7 Å². The standard InChI is InChI=1S/C40H38F4N6O4/c1-20-8-28-26-4-2-3-5-31(26)45-37(28)38(49(20)19-33(43)44)36-29(41)12-25(13-30(36)42)47-14-21(15-47)9-35(52)48-16-22-10-24-18-50(32-6-7-34(51)46-39(32)53)40(54)27(24)11-23(22)17-48/h2-5,10-13,20-21,32-33,38,45H,6-9,14-19H2,1H3,(H,46,51,53)/t20-,32?,38-/m1/s1. The van der Waals surface area contributed by atoms with E-state index in [0.717, 1.165) is 33.2 Å². The number of rotatable bonds is 7. The summed E-state index contributed by atoms with van der Waals surface area (Å²) < 4.78 is 59.8. The number of nitrogens with one attached hydrogen (secondary N) is 2. The molecule has 2 N–H and O–H groups in total. The Kier molecular flexibility index (Phi) is 8.29. The van der Waals surface area contributed by atoms with Crippen LogP contribution in [0.1, 0.15) is 76.1 Å². The summed E-state index contributed by atoms with van der Waals surface area (Å²) in [7, 11) is 0. The summed E-state index contributed by atoms with van der Waals surface area (Å²) in [5.41, 5.74) is 5.37. The van der Waals surface area contributed by atoms with E-state index >= 15 is 8.78 Å². The lowest BCUT2D eigenvalue weighted by Crippen LogP contribution is -2.52. The van der Waals surface area contributed by atoms with Gasteiger partial charge in [-0.1, -0.05) is 24.3 Å². The van der Waals surface area contributed by atoms with Crippen LogP contribution in [0.2, 0.25) is 0 Å². The molecule has 4 amide bonds. The first-order chi connectivity index (χ1) is 25.9. The summed E-state index contributed by atoms with van der Waals surface area (Å²) in [6, 6.07) is 11.6. The van der Waals surface area contributed by atoms with Crippen molar-refractivity contribution in [1.29, 1.82) is 0 Å². The van der Waals surface area contributed by atoms with Crippen molar-refractivity contribution in [2.45, 2.75) is 76.8 Å². The first-order valence-corrected chi connectivity index (χ1v) is 18.4. The first-order valence-electron chi connectivity index (χ1n) is 18.4. The van der Waals surface area contributed by atoms with E-state index in [1.54, 1.807) is 11.8 Å². The molecule has 6 heterocycles. The number of hydrogen-bond acceptors (Lipinski definition) is 6. The van der Waals surface area contributed by atoms with Crippen LogP contribution < -0.4 is 10.2 Å². The van der Waals surface area contributed by atoms with Crippen LogP contribution in [0, 0.1) is 17.6 Å². The van der Waals surface area contributed by atoms with E-state index in [-0.39, 0.29) is 61.1 Å². The number of piperidine rings is 1. The number of carbonyl (C=O) groups excluding carboxylic acids is 4. The predicted octanol–water partition coefficient (Wildman–Crippen LogP) is 5.18. The molecule has 3 aromatic carbocycles. The molecule has 9 rings (SSSR count). The monoisotopic (exact) mass is 742 g/mol.